The Kier molecular flexibility index (Phi) is 10.4. The molecule has 0 radical (unpaired) electrons. The van der Waals surface area contributed by atoms with Gasteiger partial charge in [-0.15, -0.1) is 0 Å². The van der Waals surface area contributed by atoms with Crippen LogP contribution in [-0.4, -0.2) is 38.3 Å². The molecule has 1 saturated heterocycles. The first-order chi connectivity index (χ1) is 30.7. The fourth-order valence-corrected chi connectivity index (χ4v) is 7.95. The normalized spacial score (nSPS) is 14.1. The van der Waals surface area contributed by atoms with Gasteiger partial charge in [0.05, 0.1) is 16.9 Å². The molecule has 1 fully saturated rings. The van der Waals surface area contributed by atoms with Crippen LogP contribution < -0.4 is 5.46 Å². The summed E-state index contributed by atoms with van der Waals surface area (Å²) in [6.45, 7) is 8.27. The second-order valence-corrected chi connectivity index (χ2v) is 17.0. The zero-order chi connectivity index (χ0) is 43.0. The minimum Gasteiger partial charge on any atom is -0.399 e. The van der Waals surface area contributed by atoms with E-state index in [0.717, 1.165) is 77.9 Å². The lowest BCUT2D eigenvalue weighted by atomic mass is 9.79. The van der Waals surface area contributed by atoms with Crippen LogP contribution in [0.1, 0.15) is 27.7 Å². The Labute approximate surface area is 369 Å². The van der Waals surface area contributed by atoms with Crippen LogP contribution in [0.3, 0.4) is 0 Å². The minimum absolute atomic E-state index is 0.410. The van der Waals surface area contributed by atoms with E-state index in [1.165, 1.54) is 0 Å². The summed E-state index contributed by atoms with van der Waals surface area (Å²) >= 11 is 0. The summed E-state index contributed by atoms with van der Waals surface area (Å²) in [6.07, 6.45) is 1.85. The van der Waals surface area contributed by atoms with Gasteiger partial charge in [-0.1, -0.05) is 146 Å². The molecule has 63 heavy (non-hydrogen) atoms. The maximum atomic E-state index is 6.30. The largest absolute Gasteiger partial charge is 0.494 e. The number of rotatable bonds is 9. The minimum atomic E-state index is -0.430. The van der Waals surface area contributed by atoms with Crippen LogP contribution in [0.5, 0.6) is 0 Å². The van der Waals surface area contributed by atoms with Crippen LogP contribution >= 0.6 is 0 Å². The van der Waals surface area contributed by atoms with Crippen LogP contribution in [-0.2, 0) is 9.31 Å². The lowest BCUT2D eigenvalue weighted by Gasteiger charge is -2.32. The molecule has 3 heterocycles. The van der Waals surface area contributed by atoms with Gasteiger partial charge in [0.1, 0.15) is 0 Å². The first kappa shape index (κ1) is 39.8. The van der Waals surface area contributed by atoms with Crippen molar-refractivity contribution in [3.63, 3.8) is 0 Å². The van der Waals surface area contributed by atoms with Gasteiger partial charge in [-0.3, -0.25) is 4.98 Å². The van der Waals surface area contributed by atoms with Gasteiger partial charge in [-0.2, -0.15) is 0 Å². The molecule has 0 amide bonds. The van der Waals surface area contributed by atoms with Gasteiger partial charge in [0.2, 0.25) is 0 Å². The van der Waals surface area contributed by atoms with Crippen LogP contribution in [0.2, 0.25) is 0 Å². The number of pyridine rings is 1. The van der Waals surface area contributed by atoms with Gasteiger partial charge in [0, 0.05) is 28.5 Å². The van der Waals surface area contributed by atoms with E-state index < -0.39 is 18.3 Å². The fraction of sp³-hybridized carbons (Fsp3) is 0.107. The summed E-state index contributed by atoms with van der Waals surface area (Å²) in [7, 11) is -0.430. The third-order valence-electron chi connectivity index (χ3n) is 12.2. The monoisotopic (exact) mass is 816 g/mol. The van der Waals surface area contributed by atoms with Crippen molar-refractivity contribution in [2.45, 2.75) is 38.9 Å². The van der Waals surface area contributed by atoms with Crippen LogP contribution in [0.15, 0.2) is 200 Å². The van der Waals surface area contributed by atoms with E-state index in [9.17, 15) is 0 Å². The van der Waals surface area contributed by atoms with Gasteiger partial charge in [0.25, 0.3) is 0 Å². The predicted octanol–water partition coefficient (Wildman–Crippen LogP) is 12.9. The maximum Gasteiger partial charge on any atom is 0.494 e. The van der Waals surface area contributed by atoms with Gasteiger partial charge in [-0.05, 0) is 126 Å². The van der Waals surface area contributed by atoms with Crippen molar-refractivity contribution in [3.05, 3.63) is 200 Å². The molecule has 0 saturated carbocycles. The summed E-state index contributed by atoms with van der Waals surface area (Å²) in [5, 5.41) is 0. The molecule has 10 rings (SSSR count). The third-order valence-corrected chi connectivity index (χ3v) is 12.2. The summed E-state index contributed by atoms with van der Waals surface area (Å²) in [5.41, 5.74) is 13.2. The molecule has 0 unspecified atom stereocenters. The SMILES string of the molecule is CC1(C)OB(c2ccc(-c3ccc(-c4nc(-c5cc(-c6ccccc6)cc(-c6ccccc6)c5)nc(-c5cc(-c6ccccc6)cc(-c6ccccc6)c5)n4)cn3)cc2)OC1(C)C. The second kappa shape index (κ2) is 16.5. The molecule has 7 heteroatoms. The first-order valence-corrected chi connectivity index (χ1v) is 21.4. The smallest absolute Gasteiger partial charge is 0.399 e. The van der Waals surface area contributed by atoms with Crippen LogP contribution in [0.25, 0.3) is 89.9 Å². The number of nitrogens with zero attached hydrogens (tertiary/aromatic N) is 4. The van der Waals surface area contributed by atoms with Crippen molar-refractivity contribution in [2.24, 2.45) is 0 Å². The van der Waals surface area contributed by atoms with Crippen molar-refractivity contribution in [1.29, 1.82) is 0 Å². The molecule has 304 valence electrons. The average molecular weight is 817 g/mol. The molecule has 1 aliphatic rings. The van der Waals surface area contributed by atoms with Gasteiger partial charge in [-0.25, -0.2) is 15.0 Å². The van der Waals surface area contributed by atoms with Gasteiger partial charge in [0.15, 0.2) is 17.5 Å². The molecular formula is C56H45BN4O2. The molecule has 0 aliphatic carbocycles. The van der Waals surface area contributed by atoms with Crippen molar-refractivity contribution in [1.82, 2.24) is 19.9 Å². The first-order valence-electron chi connectivity index (χ1n) is 21.4. The maximum absolute atomic E-state index is 6.30. The van der Waals surface area contributed by atoms with E-state index in [-0.39, 0.29) is 0 Å². The Morgan fingerprint density at radius 1 is 0.333 bits per heavy atom. The quantitative estimate of drug-likeness (QED) is 0.135. The Hall–Kier alpha value is -7.32. The summed E-state index contributed by atoms with van der Waals surface area (Å²) in [6, 6.07) is 67.3. The molecule has 7 aromatic carbocycles. The fourth-order valence-electron chi connectivity index (χ4n) is 7.95. The standard InChI is InChI=1S/C56H45BN4O2/c1-55(2)56(3,4)63-57(62-55)50-28-25-42(26-29-50)51-30-27-43(37-58-51)52-59-53(48-33-44(38-17-9-5-10-18-38)31-45(34-48)39-19-11-6-12-20-39)61-54(60-52)49-35-46(40-21-13-7-14-22-40)32-47(36-49)41-23-15-8-16-24-41/h5-37H,1-4H3. The van der Waals surface area contributed by atoms with Crippen molar-refractivity contribution in [3.8, 4) is 89.9 Å². The summed E-state index contributed by atoms with van der Waals surface area (Å²) < 4.78 is 12.6. The molecule has 2 aromatic heterocycles. The number of hydrogen-bond acceptors (Lipinski definition) is 6. The highest BCUT2D eigenvalue weighted by molar-refractivity contribution is 6.62. The molecular weight excluding hydrogens is 771 g/mol. The van der Waals surface area contributed by atoms with E-state index >= 15 is 0 Å². The van der Waals surface area contributed by atoms with Crippen molar-refractivity contribution >= 4 is 12.6 Å². The number of benzene rings is 7. The lowest BCUT2D eigenvalue weighted by Crippen LogP contribution is -2.41. The average Bonchev–Trinajstić information content (AvgIpc) is 3.57. The number of aromatic nitrogens is 4. The topological polar surface area (TPSA) is 70.0 Å². The van der Waals surface area contributed by atoms with Crippen LogP contribution in [0, 0.1) is 0 Å². The van der Waals surface area contributed by atoms with E-state index in [2.05, 4.69) is 185 Å². The summed E-state index contributed by atoms with van der Waals surface area (Å²) in [4.78, 5) is 20.7. The zero-order valence-electron chi connectivity index (χ0n) is 35.7. The highest BCUT2D eigenvalue weighted by atomic mass is 16.7. The van der Waals surface area contributed by atoms with E-state index in [1.54, 1.807) is 0 Å². The Balaban J connectivity index is 1.10. The Bertz CT molecular complexity index is 2760. The summed E-state index contributed by atoms with van der Waals surface area (Å²) in [5.74, 6) is 1.67. The molecule has 0 bridgehead atoms. The molecule has 9 aromatic rings. The Morgan fingerprint density at radius 2 is 0.667 bits per heavy atom. The van der Waals surface area contributed by atoms with Gasteiger partial charge < -0.3 is 9.31 Å². The Morgan fingerprint density at radius 3 is 1.02 bits per heavy atom. The van der Waals surface area contributed by atoms with E-state index in [0.29, 0.717) is 17.5 Å². The molecule has 6 nitrogen and oxygen atoms in total. The van der Waals surface area contributed by atoms with Crippen molar-refractivity contribution in [2.75, 3.05) is 0 Å². The van der Waals surface area contributed by atoms with Gasteiger partial charge >= 0.3 is 7.12 Å². The highest BCUT2D eigenvalue weighted by Crippen LogP contribution is 2.38. The molecule has 0 atom stereocenters. The van der Waals surface area contributed by atoms with E-state index in [1.807, 2.05) is 42.6 Å². The number of hydrogen-bond donors (Lipinski definition) is 0. The molecule has 0 spiro atoms. The predicted molar refractivity (Wildman–Crippen MR) is 257 cm³/mol. The lowest BCUT2D eigenvalue weighted by molar-refractivity contribution is 0.00578. The highest BCUT2D eigenvalue weighted by Gasteiger charge is 2.51. The molecule has 0 N–H and O–H groups in total. The van der Waals surface area contributed by atoms with E-state index in [4.69, 9.17) is 29.2 Å². The van der Waals surface area contributed by atoms with Crippen molar-refractivity contribution < 1.29 is 9.31 Å². The molecule has 1 aliphatic heterocycles. The van der Waals surface area contributed by atoms with Crippen LogP contribution in [0.4, 0.5) is 0 Å². The third kappa shape index (κ3) is 8.24. The second-order valence-electron chi connectivity index (χ2n) is 17.0. The zero-order valence-corrected chi connectivity index (χ0v) is 35.7.